The number of nitrogens with one attached hydrogen (secondary N) is 1. The Balaban J connectivity index is 1.79. The van der Waals surface area contributed by atoms with Crippen LogP contribution in [-0.4, -0.2) is 44.9 Å². The molecule has 1 saturated heterocycles. The molecule has 19 heavy (non-hydrogen) atoms. The first-order chi connectivity index (χ1) is 9.28. The lowest BCUT2D eigenvalue weighted by atomic mass is 10.2. The van der Waals surface area contributed by atoms with Gasteiger partial charge in [0, 0.05) is 32.6 Å². The highest BCUT2D eigenvalue weighted by Gasteiger charge is 2.35. The Labute approximate surface area is 110 Å². The molecule has 2 aromatic heterocycles. The van der Waals surface area contributed by atoms with Crippen molar-refractivity contribution in [2.45, 2.75) is 32.0 Å². The standard InChI is InChI=1S/C12H17N5O2/c1-8-10(16-19-15-8)7-17-6-9(18-2)5-11(17)12-13-3-4-14-12/h3-4,9,11H,5-7H2,1-2H3,(H,13,14)/t9-,11?/m1/s1. The summed E-state index contributed by atoms with van der Waals surface area (Å²) in [6.45, 7) is 3.45. The van der Waals surface area contributed by atoms with Crippen molar-refractivity contribution in [3.63, 3.8) is 0 Å². The third kappa shape index (κ3) is 2.39. The van der Waals surface area contributed by atoms with Gasteiger partial charge in [0.1, 0.15) is 17.2 Å². The van der Waals surface area contributed by atoms with Gasteiger partial charge in [0.2, 0.25) is 0 Å². The number of H-pyrrole nitrogens is 1. The van der Waals surface area contributed by atoms with Gasteiger partial charge < -0.3 is 9.72 Å². The maximum atomic E-state index is 5.48. The van der Waals surface area contributed by atoms with Crippen LogP contribution in [0.5, 0.6) is 0 Å². The number of methoxy groups -OCH3 is 1. The number of imidazole rings is 1. The van der Waals surface area contributed by atoms with Crippen LogP contribution in [0.2, 0.25) is 0 Å². The SMILES string of the molecule is CO[C@@H]1CC(c2ncc[nH]2)N(Cc2nonc2C)C1. The molecule has 102 valence electrons. The summed E-state index contributed by atoms with van der Waals surface area (Å²) in [6, 6.07) is 0.219. The van der Waals surface area contributed by atoms with Crippen molar-refractivity contribution >= 4 is 0 Å². The molecule has 1 unspecified atom stereocenters. The lowest BCUT2D eigenvalue weighted by Crippen LogP contribution is -2.25. The van der Waals surface area contributed by atoms with Crippen LogP contribution < -0.4 is 0 Å². The predicted molar refractivity (Wildman–Crippen MR) is 66.2 cm³/mol. The molecular weight excluding hydrogens is 246 g/mol. The minimum absolute atomic E-state index is 0.218. The van der Waals surface area contributed by atoms with Crippen molar-refractivity contribution in [2.75, 3.05) is 13.7 Å². The number of ether oxygens (including phenoxy) is 1. The molecule has 3 rings (SSSR count). The summed E-state index contributed by atoms with van der Waals surface area (Å²) in [5, 5.41) is 7.76. The average Bonchev–Trinajstić information content (AvgIpc) is 3.11. The van der Waals surface area contributed by atoms with Crippen molar-refractivity contribution in [2.24, 2.45) is 0 Å². The Bertz CT molecular complexity index is 524. The highest BCUT2D eigenvalue weighted by Crippen LogP contribution is 2.32. The minimum atomic E-state index is 0.218. The molecule has 1 aliphatic heterocycles. The van der Waals surface area contributed by atoms with Crippen molar-refractivity contribution in [3.05, 3.63) is 29.6 Å². The van der Waals surface area contributed by atoms with E-state index >= 15 is 0 Å². The molecule has 7 nitrogen and oxygen atoms in total. The fourth-order valence-electron chi connectivity index (χ4n) is 2.54. The van der Waals surface area contributed by atoms with E-state index in [1.54, 1.807) is 13.3 Å². The molecule has 0 radical (unpaired) electrons. The van der Waals surface area contributed by atoms with Crippen LogP contribution in [0.4, 0.5) is 0 Å². The van der Waals surface area contributed by atoms with E-state index in [4.69, 9.17) is 9.37 Å². The number of aromatic nitrogens is 4. The molecule has 0 spiro atoms. The molecule has 7 heteroatoms. The molecule has 3 heterocycles. The monoisotopic (exact) mass is 263 g/mol. The molecule has 0 aliphatic carbocycles. The van der Waals surface area contributed by atoms with Crippen LogP contribution in [0.15, 0.2) is 17.0 Å². The van der Waals surface area contributed by atoms with Gasteiger partial charge >= 0.3 is 0 Å². The van der Waals surface area contributed by atoms with Crippen LogP contribution in [-0.2, 0) is 11.3 Å². The summed E-state index contributed by atoms with van der Waals surface area (Å²) in [4.78, 5) is 9.83. The Kier molecular flexibility index (Phi) is 3.31. The van der Waals surface area contributed by atoms with Crippen molar-refractivity contribution < 1.29 is 9.37 Å². The smallest absolute Gasteiger partial charge is 0.123 e. The number of hydrogen-bond acceptors (Lipinski definition) is 6. The lowest BCUT2D eigenvalue weighted by molar-refractivity contribution is 0.107. The number of aromatic amines is 1. The number of hydrogen-bond donors (Lipinski definition) is 1. The van der Waals surface area contributed by atoms with Crippen LogP contribution >= 0.6 is 0 Å². The van der Waals surface area contributed by atoms with Gasteiger partial charge in [0.25, 0.3) is 0 Å². The van der Waals surface area contributed by atoms with Gasteiger partial charge in [-0.2, -0.15) is 0 Å². The summed E-state index contributed by atoms with van der Waals surface area (Å²) in [7, 11) is 1.75. The summed E-state index contributed by atoms with van der Waals surface area (Å²) in [5.74, 6) is 0.966. The summed E-state index contributed by atoms with van der Waals surface area (Å²) in [6.07, 6.45) is 4.76. The Morgan fingerprint density at radius 1 is 1.53 bits per heavy atom. The molecule has 2 atom stereocenters. The van der Waals surface area contributed by atoms with Crippen LogP contribution in [0.1, 0.15) is 29.7 Å². The highest BCUT2D eigenvalue weighted by molar-refractivity contribution is 5.08. The molecule has 1 aliphatic rings. The van der Waals surface area contributed by atoms with Crippen molar-refractivity contribution in [3.8, 4) is 0 Å². The third-order valence-electron chi connectivity index (χ3n) is 3.63. The van der Waals surface area contributed by atoms with E-state index in [0.717, 1.165) is 30.2 Å². The zero-order valence-corrected chi connectivity index (χ0v) is 11.0. The second-order valence-electron chi connectivity index (χ2n) is 4.81. The average molecular weight is 263 g/mol. The van der Waals surface area contributed by atoms with Gasteiger partial charge in [-0.15, -0.1) is 0 Å². The molecule has 1 fully saturated rings. The van der Waals surface area contributed by atoms with Crippen LogP contribution in [0.3, 0.4) is 0 Å². The zero-order chi connectivity index (χ0) is 13.2. The number of aryl methyl sites for hydroxylation is 1. The van der Waals surface area contributed by atoms with Gasteiger partial charge in [-0.25, -0.2) is 9.61 Å². The Morgan fingerprint density at radius 2 is 2.42 bits per heavy atom. The molecule has 0 aromatic carbocycles. The van der Waals surface area contributed by atoms with Crippen molar-refractivity contribution in [1.82, 2.24) is 25.2 Å². The Hall–Kier alpha value is -1.73. The highest BCUT2D eigenvalue weighted by atomic mass is 16.6. The normalized spacial score (nSPS) is 24.1. The van der Waals surface area contributed by atoms with E-state index in [-0.39, 0.29) is 12.1 Å². The lowest BCUT2D eigenvalue weighted by Gasteiger charge is -2.21. The fourth-order valence-corrected chi connectivity index (χ4v) is 2.54. The largest absolute Gasteiger partial charge is 0.380 e. The first-order valence-corrected chi connectivity index (χ1v) is 6.32. The molecule has 0 bridgehead atoms. The first kappa shape index (κ1) is 12.3. The van der Waals surface area contributed by atoms with E-state index in [1.807, 2.05) is 13.1 Å². The van der Waals surface area contributed by atoms with Gasteiger partial charge in [-0.05, 0) is 13.3 Å². The predicted octanol–water partition coefficient (Wildman–Crippen LogP) is 1.06. The maximum absolute atomic E-state index is 5.48. The van der Waals surface area contributed by atoms with Crippen LogP contribution in [0, 0.1) is 6.92 Å². The third-order valence-corrected chi connectivity index (χ3v) is 3.63. The summed E-state index contributed by atoms with van der Waals surface area (Å²) in [5.41, 5.74) is 1.70. The molecule has 1 N–H and O–H groups in total. The molecule has 0 amide bonds. The summed E-state index contributed by atoms with van der Waals surface area (Å²) >= 11 is 0. The van der Waals surface area contributed by atoms with Crippen molar-refractivity contribution in [1.29, 1.82) is 0 Å². The van der Waals surface area contributed by atoms with Gasteiger partial charge in [-0.3, -0.25) is 4.90 Å². The number of likely N-dealkylation sites (tertiary alicyclic amines) is 1. The van der Waals surface area contributed by atoms with E-state index in [9.17, 15) is 0 Å². The van der Waals surface area contributed by atoms with E-state index in [2.05, 4.69) is 25.2 Å². The van der Waals surface area contributed by atoms with E-state index < -0.39 is 0 Å². The van der Waals surface area contributed by atoms with Gasteiger partial charge in [0.15, 0.2) is 0 Å². The fraction of sp³-hybridized carbons (Fsp3) is 0.583. The van der Waals surface area contributed by atoms with Gasteiger partial charge in [-0.1, -0.05) is 10.3 Å². The minimum Gasteiger partial charge on any atom is -0.380 e. The quantitative estimate of drug-likeness (QED) is 0.888. The van der Waals surface area contributed by atoms with E-state index in [1.165, 1.54) is 0 Å². The first-order valence-electron chi connectivity index (χ1n) is 6.32. The number of rotatable bonds is 4. The molecular formula is C12H17N5O2. The second kappa shape index (κ2) is 5.10. The second-order valence-corrected chi connectivity index (χ2v) is 4.81. The topological polar surface area (TPSA) is 80.1 Å². The van der Waals surface area contributed by atoms with Crippen LogP contribution in [0.25, 0.3) is 0 Å². The summed E-state index contributed by atoms with van der Waals surface area (Å²) < 4.78 is 10.2. The molecule has 0 saturated carbocycles. The zero-order valence-electron chi connectivity index (χ0n) is 11.0. The van der Waals surface area contributed by atoms with E-state index in [0.29, 0.717) is 6.54 Å². The molecule has 2 aromatic rings. The number of nitrogens with zero attached hydrogens (tertiary/aromatic N) is 4. The Morgan fingerprint density at radius 3 is 3.05 bits per heavy atom. The van der Waals surface area contributed by atoms with Gasteiger partial charge in [0.05, 0.1) is 12.1 Å². The maximum Gasteiger partial charge on any atom is 0.123 e.